The summed E-state index contributed by atoms with van der Waals surface area (Å²) in [6, 6.07) is 0. The first kappa shape index (κ1) is 11.6. The summed E-state index contributed by atoms with van der Waals surface area (Å²) in [5, 5.41) is 15.7. The van der Waals surface area contributed by atoms with Crippen LogP contribution in [-0.4, -0.2) is 28.3 Å². The minimum Gasteiger partial charge on any atom is -0.316 e. The van der Waals surface area contributed by atoms with Gasteiger partial charge in [-0.05, 0) is 13.0 Å². The number of aromatic nitrogens is 3. The normalized spacial score (nSPS) is 10.8. The second kappa shape index (κ2) is 6.03. The van der Waals surface area contributed by atoms with Crippen LogP contribution in [0.15, 0.2) is 10.9 Å². The van der Waals surface area contributed by atoms with Crippen LogP contribution in [0, 0.1) is 0 Å². The molecule has 0 aliphatic rings. The van der Waals surface area contributed by atoms with Crippen molar-refractivity contribution in [3.05, 3.63) is 15.9 Å². The number of nitrogens with one attached hydrogen (secondary N) is 1. The Morgan fingerprint density at radius 1 is 1.31 bits per heavy atom. The summed E-state index contributed by atoms with van der Waals surface area (Å²) >= 11 is 3.21. The van der Waals surface area contributed by atoms with E-state index >= 15 is 0 Å². The molecule has 2 aromatic heterocycles. The fourth-order valence-corrected chi connectivity index (χ4v) is 2.69. The molecule has 2 rings (SSSR count). The smallest absolute Gasteiger partial charge is 0.167 e. The van der Waals surface area contributed by atoms with E-state index in [0.717, 1.165) is 35.2 Å². The van der Waals surface area contributed by atoms with Gasteiger partial charge in [-0.25, -0.2) is 4.98 Å². The Morgan fingerprint density at radius 2 is 2.25 bits per heavy atom. The number of hydrogen-bond acceptors (Lipinski definition) is 6. The maximum absolute atomic E-state index is 4.22. The Bertz CT molecular complexity index is 410. The van der Waals surface area contributed by atoms with Gasteiger partial charge < -0.3 is 5.32 Å². The first-order valence-electron chi connectivity index (χ1n) is 5.32. The van der Waals surface area contributed by atoms with Gasteiger partial charge in [-0.1, -0.05) is 18.3 Å². The molecule has 86 valence electrons. The number of rotatable bonds is 6. The molecule has 0 amide bonds. The Hall–Kier alpha value is -0.850. The fourth-order valence-electron chi connectivity index (χ4n) is 1.27. The summed E-state index contributed by atoms with van der Waals surface area (Å²) in [4.78, 5) is 4.22. The highest BCUT2D eigenvalue weighted by Gasteiger charge is 2.07. The lowest BCUT2D eigenvalue weighted by Crippen LogP contribution is -2.17. The van der Waals surface area contributed by atoms with E-state index in [4.69, 9.17) is 0 Å². The molecule has 0 unspecified atom stereocenters. The van der Waals surface area contributed by atoms with Gasteiger partial charge in [0.1, 0.15) is 10.7 Å². The SMILES string of the molecule is CCCNCCc1nnc(-c2cscn2)s1. The molecule has 6 heteroatoms. The van der Waals surface area contributed by atoms with Crippen molar-refractivity contribution >= 4 is 22.7 Å². The lowest BCUT2D eigenvalue weighted by molar-refractivity contribution is 0.668. The van der Waals surface area contributed by atoms with Crippen LogP contribution in [0.1, 0.15) is 18.4 Å². The van der Waals surface area contributed by atoms with Gasteiger partial charge in [0.2, 0.25) is 0 Å². The lowest BCUT2D eigenvalue weighted by atomic mass is 10.4. The van der Waals surface area contributed by atoms with E-state index in [9.17, 15) is 0 Å². The van der Waals surface area contributed by atoms with E-state index in [1.54, 1.807) is 22.7 Å². The molecule has 0 aliphatic carbocycles. The molecule has 0 fully saturated rings. The summed E-state index contributed by atoms with van der Waals surface area (Å²) in [6.07, 6.45) is 2.11. The van der Waals surface area contributed by atoms with Gasteiger partial charge in [-0.3, -0.25) is 0 Å². The van der Waals surface area contributed by atoms with Gasteiger partial charge in [0.05, 0.1) is 5.51 Å². The molecule has 0 aromatic carbocycles. The van der Waals surface area contributed by atoms with Gasteiger partial charge in [-0.15, -0.1) is 21.5 Å². The number of nitrogens with zero attached hydrogens (tertiary/aromatic N) is 3. The van der Waals surface area contributed by atoms with Crippen molar-refractivity contribution in [2.24, 2.45) is 0 Å². The minimum atomic E-state index is 0.923. The molecule has 0 bridgehead atoms. The van der Waals surface area contributed by atoms with E-state index in [-0.39, 0.29) is 0 Å². The molecule has 2 heterocycles. The van der Waals surface area contributed by atoms with Crippen molar-refractivity contribution in [2.75, 3.05) is 13.1 Å². The minimum absolute atomic E-state index is 0.923. The predicted molar refractivity (Wildman–Crippen MR) is 67.9 cm³/mol. The van der Waals surface area contributed by atoms with E-state index in [0.29, 0.717) is 0 Å². The molecular weight excluding hydrogens is 240 g/mol. The second-order valence-electron chi connectivity index (χ2n) is 3.37. The number of hydrogen-bond donors (Lipinski definition) is 1. The van der Waals surface area contributed by atoms with Gasteiger partial charge in [0.25, 0.3) is 0 Å². The third-order valence-electron chi connectivity index (χ3n) is 2.06. The van der Waals surface area contributed by atoms with E-state index in [2.05, 4.69) is 27.4 Å². The summed E-state index contributed by atoms with van der Waals surface area (Å²) in [5.41, 5.74) is 2.76. The lowest BCUT2D eigenvalue weighted by Gasteiger charge is -1.98. The summed E-state index contributed by atoms with van der Waals surface area (Å²) in [5.74, 6) is 0. The highest BCUT2D eigenvalue weighted by atomic mass is 32.1. The van der Waals surface area contributed by atoms with Gasteiger partial charge in [0.15, 0.2) is 5.01 Å². The quantitative estimate of drug-likeness (QED) is 0.803. The zero-order valence-corrected chi connectivity index (χ0v) is 10.8. The molecular formula is C10H14N4S2. The molecule has 0 atom stereocenters. The fraction of sp³-hybridized carbons (Fsp3) is 0.500. The largest absolute Gasteiger partial charge is 0.316 e. The maximum atomic E-state index is 4.22. The molecule has 0 spiro atoms. The van der Waals surface area contributed by atoms with Crippen LogP contribution in [0.5, 0.6) is 0 Å². The van der Waals surface area contributed by atoms with Crippen LogP contribution in [0.3, 0.4) is 0 Å². The van der Waals surface area contributed by atoms with Crippen molar-refractivity contribution < 1.29 is 0 Å². The van der Waals surface area contributed by atoms with Crippen LogP contribution in [-0.2, 0) is 6.42 Å². The van der Waals surface area contributed by atoms with E-state index in [1.807, 2.05) is 10.9 Å². The third-order valence-corrected chi connectivity index (χ3v) is 3.65. The maximum Gasteiger partial charge on any atom is 0.167 e. The van der Waals surface area contributed by atoms with Crippen LogP contribution < -0.4 is 5.32 Å². The average Bonchev–Trinajstić information content (AvgIpc) is 2.94. The third kappa shape index (κ3) is 3.07. The van der Waals surface area contributed by atoms with Crippen LogP contribution in [0.25, 0.3) is 10.7 Å². The van der Waals surface area contributed by atoms with Crippen molar-refractivity contribution in [3.63, 3.8) is 0 Å². The zero-order chi connectivity index (χ0) is 11.2. The first-order chi connectivity index (χ1) is 7.90. The molecule has 1 N–H and O–H groups in total. The van der Waals surface area contributed by atoms with Crippen molar-refractivity contribution in [1.29, 1.82) is 0 Å². The Morgan fingerprint density at radius 3 is 3.00 bits per heavy atom. The molecule has 0 saturated heterocycles. The van der Waals surface area contributed by atoms with Crippen molar-refractivity contribution in [2.45, 2.75) is 19.8 Å². The van der Waals surface area contributed by atoms with Gasteiger partial charge in [-0.2, -0.15) is 0 Å². The molecule has 0 radical (unpaired) electrons. The number of thiazole rings is 1. The molecule has 0 saturated carbocycles. The van der Waals surface area contributed by atoms with Crippen LogP contribution >= 0.6 is 22.7 Å². The zero-order valence-electron chi connectivity index (χ0n) is 9.14. The topological polar surface area (TPSA) is 50.7 Å². The van der Waals surface area contributed by atoms with E-state index < -0.39 is 0 Å². The Balaban J connectivity index is 1.88. The van der Waals surface area contributed by atoms with Crippen LogP contribution in [0.2, 0.25) is 0 Å². The Labute approximate surface area is 103 Å². The van der Waals surface area contributed by atoms with Gasteiger partial charge in [0, 0.05) is 18.3 Å². The molecule has 2 aromatic rings. The molecule has 0 aliphatic heterocycles. The van der Waals surface area contributed by atoms with E-state index in [1.165, 1.54) is 6.42 Å². The average molecular weight is 254 g/mol. The standard InChI is InChI=1S/C10H14N4S2/c1-2-4-11-5-3-9-13-14-10(16-9)8-6-15-7-12-8/h6-7,11H,2-5H2,1H3. The Kier molecular flexibility index (Phi) is 4.38. The highest BCUT2D eigenvalue weighted by molar-refractivity contribution is 7.15. The van der Waals surface area contributed by atoms with Crippen molar-refractivity contribution in [3.8, 4) is 10.7 Å². The second-order valence-corrected chi connectivity index (χ2v) is 5.16. The van der Waals surface area contributed by atoms with Gasteiger partial charge >= 0.3 is 0 Å². The summed E-state index contributed by atoms with van der Waals surface area (Å²) < 4.78 is 0. The highest BCUT2D eigenvalue weighted by Crippen LogP contribution is 2.22. The molecule has 4 nitrogen and oxygen atoms in total. The van der Waals surface area contributed by atoms with Crippen LogP contribution in [0.4, 0.5) is 0 Å². The molecule has 16 heavy (non-hydrogen) atoms. The monoisotopic (exact) mass is 254 g/mol. The first-order valence-corrected chi connectivity index (χ1v) is 7.07. The predicted octanol–water partition coefficient (Wildman–Crippen LogP) is 2.20. The van der Waals surface area contributed by atoms with Crippen molar-refractivity contribution in [1.82, 2.24) is 20.5 Å². The summed E-state index contributed by atoms with van der Waals surface area (Å²) in [6.45, 7) is 4.20. The summed E-state index contributed by atoms with van der Waals surface area (Å²) in [7, 11) is 0.